The van der Waals surface area contributed by atoms with Gasteiger partial charge in [-0.1, -0.05) is 62.0 Å². The van der Waals surface area contributed by atoms with Gasteiger partial charge in [-0.05, 0) is 61.8 Å². The van der Waals surface area contributed by atoms with Crippen molar-refractivity contribution < 1.29 is 13.5 Å². The summed E-state index contributed by atoms with van der Waals surface area (Å²) < 4.78 is 19.8. The molecule has 168 valence electrons. The fraction of sp³-hybridized carbons (Fsp3) is 0.905. The maximum absolute atomic E-state index is 6.66. The molecule has 4 nitrogen and oxygen atoms in total. The quantitative estimate of drug-likeness (QED) is 0.269. The molecule has 0 aromatic carbocycles. The van der Waals surface area contributed by atoms with Gasteiger partial charge < -0.3 is 4.43 Å². The normalized spacial score (nSPS) is 15.7. The Kier molecular flexibility index (Phi) is 9.08. The highest BCUT2D eigenvalue weighted by molar-refractivity contribution is 6.75. The Labute approximate surface area is 179 Å². The highest BCUT2D eigenvalue weighted by Crippen LogP contribution is 2.42. The summed E-state index contributed by atoms with van der Waals surface area (Å²) in [6, 6.07) is 0. The van der Waals surface area contributed by atoms with Gasteiger partial charge >= 0.3 is 0 Å². The molecular weight excluding hydrogens is 398 g/mol. The topological polar surface area (TPSA) is 30.9 Å². The fourth-order valence-corrected chi connectivity index (χ4v) is 4.83. The van der Waals surface area contributed by atoms with Crippen LogP contribution in [0.5, 0.6) is 0 Å². The van der Waals surface area contributed by atoms with Gasteiger partial charge in [0.15, 0.2) is 8.32 Å². The van der Waals surface area contributed by atoms with Gasteiger partial charge in [-0.15, -0.1) is 5.23 Å². The van der Waals surface area contributed by atoms with Crippen LogP contribution in [0, 0.1) is 5.92 Å². The molecule has 0 spiro atoms. The molecule has 0 aromatic heterocycles. The highest BCUT2D eigenvalue weighted by Gasteiger charge is 2.46. The Morgan fingerprint density at radius 1 is 0.750 bits per heavy atom. The summed E-state index contributed by atoms with van der Waals surface area (Å²) in [6.45, 7) is 37.8. The predicted octanol–water partition coefficient (Wildman–Crippen LogP) is 7.55. The maximum atomic E-state index is 6.66. The molecule has 28 heavy (non-hydrogen) atoms. The minimum atomic E-state index is -2.11. The molecule has 0 N–H and O–H groups in total. The minimum absolute atomic E-state index is 0.0648. The first-order chi connectivity index (χ1) is 12.0. The summed E-state index contributed by atoms with van der Waals surface area (Å²) in [5, 5.41) is 1.81. The molecular formula is C21H49NO3Si3. The van der Waals surface area contributed by atoms with Crippen molar-refractivity contribution in [2.45, 2.75) is 117 Å². The van der Waals surface area contributed by atoms with E-state index in [1.54, 1.807) is 5.23 Å². The van der Waals surface area contributed by atoms with E-state index in [1.165, 1.54) is 0 Å². The zero-order chi connectivity index (χ0) is 22.9. The number of rotatable bonds is 9. The van der Waals surface area contributed by atoms with Crippen molar-refractivity contribution in [3.8, 4) is 0 Å². The first kappa shape index (κ1) is 28.1. The molecule has 0 heterocycles. The van der Waals surface area contributed by atoms with Crippen LogP contribution < -0.4 is 0 Å². The number of nitrogens with zero attached hydrogens (tertiary/aromatic N) is 1. The molecule has 0 bridgehead atoms. The molecule has 0 radical (unpaired) electrons. The summed E-state index contributed by atoms with van der Waals surface area (Å²) in [7, 11) is -5.98. The molecule has 0 rings (SSSR count). The maximum Gasteiger partial charge on any atom is 0.232 e. The van der Waals surface area contributed by atoms with E-state index in [0.717, 1.165) is 5.70 Å². The lowest BCUT2D eigenvalue weighted by Gasteiger charge is -2.46. The first-order valence-corrected chi connectivity index (χ1v) is 19.8. The van der Waals surface area contributed by atoms with Crippen molar-refractivity contribution in [2.75, 3.05) is 0 Å². The Hall–Kier alpha value is 0.0706. The predicted molar refractivity (Wildman–Crippen MR) is 131 cm³/mol. The molecule has 0 aliphatic carbocycles. The third-order valence-corrected chi connectivity index (χ3v) is 15.3. The zero-order valence-corrected chi connectivity index (χ0v) is 24.5. The van der Waals surface area contributed by atoms with Gasteiger partial charge in [0, 0.05) is 0 Å². The van der Waals surface area contributed by atoms with E-state index >= 15 is 0 Å². The summed E-state index contributed by atoms with van der Waals surface area (Å²) >= 11 is 0. The molecule has 0 aliphatic heterocycles. The van der Waals surface area contributed by atoms with E-state index in [0.29, 0.717) is 0 Å². The second-order valence-corrected chi connectivity index (χ2v) is 26.2. The Morgan fingerprint density at radius 2 is 1.07 bits per heavy atom. The van der Waals surface area contributed by atoms with E-state index in [9.17, 15) is 0 Å². The Balaban J connectivity index is 6.04. The van der Waals surface area contributed by atoms with Crippen molar-refractivity contribution in [3.63, 3.8) is 0 Å². The van der Waals surface area contributed by atoms with E-state index < -0.39 is 25.0 Å². The van der Waals surface area contributed by atoms with Crippen LogP contribution in [0.25, 0.3) is 0 Å². The lowest BCUT2D eigenvalue weighted by atomic mass is 10.1. The molecule has 1 atom stereocenters. The lowest BCUT2D eigenvalue weighted by molar-refractivity contribution is -0.256. The van der Waals surface area contributed by atoms with E-state index in [-0.39, 0.29) is 22.1 Å². The summed E-state index contributed by atoms with van der Waals surface area (Å²) in [6.07, 6.45) is -0.124. The Bertz CT molecular complexity index is 498. The third kappa shape index (κ3) is 8.07. The van der Waals surface area contributed by atoms with Crippen LogP contribution in [0.3, 0.4) is 0 Å². The second-order valence-electron chi connectivity index (χ2n) is 12.3. The van der Waals surface area contributed by atoms with Gasteiger partial charge in [-0.3, -0.25) is 9.05 Å². The minimum Gasteiger partial charge on any atom is -0.409 e. The standard InChI is InChI=1S/C21H49NO3Si3/c1-17(2)19(23-26(10,11)12)18(3)22(24-27(13,14)20(4,5)6)25-28(15,16)21(7,8)9/h17,19H,3H2,1-2,4-16H3/t19-/m1/s1. The smallest absolute Gasteiger partial charge is 0.232 e. The van der Waals surface area contributed by atoms with Crippen molar-refractivity contribution in [2.24, 2.45) is 5.92 Å². The summed E-state index contributed by atoms with van der Waals surface area (Å²) in [4.78, 5) is 0. The molecule has 0 amide bonds. The largest absolute Gasteiger partial charge is 0.409 e. The molecule has 0 aromatic rings. The van der Waals surface area contributed by atoms with Crippen LogP contribution in [-0.4, -0.2) is 36.3 Å². The van der Waals surface area contributed by atoms with Crippen LogP contribution in [0.15, 0.2) is 12.3 Å². The van der Waals surface area contributed by atoms with Crippen LogP contribution in [0.2, 0.25) is 55.9 Å². The third-order valence-electron chi connectivity index (χ3n) is 5.88. The second kappa shape index (κ2) is 9.06. The fourth-order valence-electron chi connectivity index (χ4n) is 1.90. The average Bonchev–Trinajstić information content (AvgIpc) is 2.39. The van der Waals surface area contributed by atoms with E-state index in [4.69, 9.17) is 13.5 Å². The lowest BCUT2D eigenvalue weighted by Crippen LogP contribution is -2.54. The van der Waals surface area contributed by atoms with E-state index in [1.807, 2.05) is 0 Å². The molecule has 0 saturated carbocycles. The van der Waals surface area contributed by atoms with Crippen LogP contribution in [0.1, 0.15) is 55.4 Å². The monoisotopic (exact) mass is 447 g/mol. The van der Waals surface area contributed by atoms with Gasteiger partial charge in [0.1, 0.15) is 0 Å². The van der Waals surface area contributed by atoms with Crippen LogP contribution in [-0.2, 0) is 13.5 Å². The van der Waals surface area contributed by atoms with Gasteiger partial charge in [0.2, 0.25) is 16.6 Å². The average molecular weight is 448 g/mol. The first-order valence-electron chi connectivity index (χ1n) is 10.6. The van der Waals surface area contributed by atoms with Gasteiger partial charge in [0.25, 0.3) is 0 Å². The van der Waals surface area contributed by atoms with Crippen molar-refractivity contribution in [1.82, 2.24) is 5.23 Å². The molecule has 0 aliphatic rings. The SMILES string of the molecule is C=C([C@H](O[Si](C)(C)C)C(C)C)N(O[Si](C)(C)C(C)(C)C)O[Si](C)(C)C(C)(C)C. The van der Waals surface area contributed by atoms with Crippen molar-refractivity contribution in [1.29, 1.82) is 0 Å². The number of hydrogen-bond acceptors (Lipinski definition) is 4. The highest BCUT2D eigenvalue weighted by atomic mass is 28.4. The van der Waals surface area contributed by atoms with Gasteiger partial charge in [-0.25, -0.2) is 0 Å². The number of hydroxylamine groups is 2. The summed E-state index contributed by atoms with van der Waals surface area (Å²) in [5.41, 5.74) is 0.784. The van der Waals surface area contributed by atoms with Crippen molar-refractivity contribution >= 4 is 25.0 Å². The van der Waals surface area contributed by atoms with Gasteiger partial charge in [0.05, 0.1) is 11.8 Å². The Morgan fingerprint density at radius 3 is 1.29 bits per heavy atom. The molecule has 0 fully saturated rings. The number of hydrogen-bond donors (Lipinski definition) is 0. The van der Waals surface area contributed by atoms with Gasteiger partial charge in [-0.2, -0.15) is 0 Å². The summed E-state index contributed by atoms with van der Waals surface area (Å²) in [5.74, 6) is 0.285. The van der Waals surface area contributed by atoms with Crippen molar-refractivity contribution in [3.05, 3.63) is 12.3 Å². The molecule has 0 unspecified atom stereocenters. The molecule has 7 heteroatoms. The molecule has 0 saturated heterocycles. The van der Waals surface area contributed by atoms with Crippen LogP contribution >= 0.6 is 0 Å². The zero-order valence-electron chi connectivity index (χ0n) is 21.5. The van der Waals surface area contributed by atoms with E-state index in [2.05, 4.69) is 108 Å². The van der Waals surface area contributed by atoms with Crippen LogP contribution in [0.4, 0.5) is 0 Å².